The van der Waals surface area contributed by atoms with Gasteiger partial charge in [-0.2, -0.15) is 0 Å². The topological polar surface area (TPSA) is 107 Å². The van der Waals surface area contributed by atoms with Crippen LogP contribution in [0.25, 0.3) is 0 Å². The third-order valence-electron chi connectivity index (χ3n) is 4.52. The van der Waals surface area contributed by atoms with Crippen LogP contribution in [0.3, 0.4) is 0 Å². The summed E-state index contributed by atoms with van der Waals surface area (Å²) in [5.74, 6) is -0.855. The number of nitrogens with two attached hydrogens (primary N) is 1. The molecule has 0 aromatic heterocycles. The van der Waals surface area contributed by atoms with Gasteiger partial charge in [-0.1, -0.05) is 19.9 Å². The first-order valence-electron chi connectivity index (χ1n) is 6.63. The fourth-order valence-corrected chi connectivity index (χ4v) is 3.19. The lowest BCUT2D eigenvalue weighted by molar-refractivity contribution is -0.384. The summed E-state index contributed by atoms with van der Waals surface area (Å²) in [4.78, 5) is 35.9. The van der Waals surface area contributed by atoms with E-state index in [2.05, 4.69) is 0 Å². The summed E-state index contributed by atoms with van der Waals surface area (Å²) in [5, 5.41) is 10.9. The maximum absolute atomic E-state index is 12.2. The summed E-state index contributed by atoms with van der Waals surface area (Å²) in [6.07, 6.45) is 0. The van der Waals surface area contributed by atoms with Gasteiger partial charge in [0.05, 0.1) is 23.3 Å². The molecule has 1 aromatic carbocycles. The number of fused-ring (bicyclic) bond motifs is 1. The van der Waals surface area contributed by atoms with Crippen molar-refractivity contribution >= 4 is 23.2 Å². The minimum absolute atomic E-state index is 0.0574. The van der Waals surface area contributed by atoms with E-state index in [4.69, 9.17) is 5.73 Å². The van der Waals surface area contributed by atoms with E-state index < -0.39 is 4.92 Å². The lowest BCUT2D eigenvalue weighted by atomic mass is 10.0. The van der Waals surface area contributed by atoms with Crippen LogP contribution in [-0.2, 0) is 16.1 Å². The van der Waals surface area contributed by atoms with Crippen LogP contribution in [0.4, 0.5) is 11.4 Å². The number of nitrogens with zero attached hydrogens (tertiary/aromatic N) is 2. The number of rotatable bonds is 3. The van der Waals surface area contributed by atoms with Crippen LogP contribution in [0.5, 0.6) is 0 Å². The van der Waals surface area contributed by atoms with Crippen molar-refractivity contribution < 1.29 is 14.5 Å². The Kier molecular flexibility index (Phi) is 2.60. The molecule has 3 rings (SSSR count). The number of benzene rings is 1. The van der Waals surface area contributed by atoms with E-state index in [1.165, 1.54) is 17.0 Å². The first-order chi connectivity index (χ1) is 9.75. The van der Waals surface area contributed by atoms with Gasteiger partial charge in [0.1, 0.15) is 5.69 Å². The van der Waals surface area contributed by atoms with Crippen LogP contribution in [-0.4, -0.2) is 21.6 Å². The predicted octanol–water partition coefficient (Wildman–Crippen LogP) is 1.32. The molecule has 1 aromatic rings. The Hall–Kier alpha value is -2.44. The Bertz CT molecular complexity index is 659. The van der Waals surface area contributed by atoms with Crippen molar-refractivity contribution in [3.8, 4) is 0 Å². The number of anilines is 1. The highest BCUT2D eigenvalue weighted by Gasteiger charge is 2.72. The quantitative estimate of drug-likeness (QED) is 0.391. The number of nitrogen functional groups attached to an aromatic ring is 1. The Labute approximate surface area is 120 Å². The number of nitro benzene ring substituents is 1. The number of carbonyl (C=O) groups excluding carboxylic acids is 2. The third kappa shape index (κ3) is 1.80. The van der Waals surface area contributed by atoms with E-state index in [0.29, 0.717) is 5.56 Å². The van der Waals surface area contributed by atoms with Gasteiger partial charge in [-0.15, -0.1) is 0 Å². The summed E-state index contributed by atoms with van der Waals surface area (Å²) in [6.45, 7) is 3.87. The standard InChI is InChI=1S/C14H15N3O4/c1-14(2)10-11(14)13(19)16(12(10)18)6-7-3-4-8(15)9(5-7)17(20)21/h3-5,10-11H,6,15H2,1-2H3. The Balaban J connectivity index is 1.83. The van der Waals surface area contributed by atoms with Crippen LogP contribution in [0.2, 0.25) is 0 Å². The largest absolute Gasteiger partial charge is 0.393 e. The zero-order valence-corrected chi connectivity index (χ0v) is 11.7. The van der Waals surface area contributed by atoms with Gasteiger partial charge in [0, 0.05) is 6.07 Å². The van der Waals surface area contributed by atoms with Gasteiger partial charge < -0.3 is 5.73 Å². The van der Waals surface area contributed by atoms with E-state index in [1.807, 2.05) is 13.8 Å². The highest BCUT2D eigenvalue weighted by molar-refractivity contribution is 6.10. The average molecular weight is 289 g/mol. The lowest BCUT2D eigenvalue weighted by Crippen LogP contribution is -2.35. The predicted molar refractivity (Wildman–Crippen MR) is 73.8 cm³/mol. The minimum atomic E-state index is -0.576. The second-order valence-electron chi connectivity index (χ2n) is 6.19. The monoisotopic (exact) mass is 289 g/mol. The third-order valence-corrected chi connectivity index (χ3v) is 4.52. The highest BCUT2D eigenvalue weighted by atomic mass is 16.6. The van der Waals surface area contributed by atoms with E-state index in [0.717, 1.165) is 0 Å². The molecule has 2 fully saturated rings. The smallest absolute Gasteiger partial charge is 0.292 e. The van der Waals surface area contributed by atoms with Crippen molar-refractivity contribution in [3.05, 3.63) is 33.9 Å². The Morgan fingerprint density at radius 3 is 2.38 bits per heavy atom. The highest BCUT2D eigenvalue weighted by Crippen LogP contribution is 2.63. The van der Waals surface area contributed by atoms with E-state index >= 15 is 0 Å². The fourth-order valence-electron chi connectivity index (χ4n) is 3.19. The molecule has 0 radical (unpaired) electrons. The summed E-state index contributed by atoms with van der Waals surface area (Å²) in [6, 6.07) is 4.33. The first kappa shape index (κ1) is 13.5. The number of hydrogen-bond acceptors (Lipinski definition) is 5. The molecule has 1 saturated carbocycles. The van der Waals surface area contributed by atoms with Gasteiger partial charge in [0.15, 0.2) is 0 Å². The van der Waals surface area contributed by atoms with Crippen LogP contribution in [0.1, 0.15) is 19.4 Å². The molecular weight excluding hydrogens is 274 g/mol. The second kappa shape index (κ2) is 4.03. The number of hydrogen-bond donors (Lipinski definition) is 1. The SMILES string of the molecule is CC1(C)C2C(=O)N(Cc3ccc(N)c([N+](=O)[O-])c3)C(=O)C21. The van der Waals surface area contributed by atoms with Gasteiger partial charge in [-0.05, 0) is 17.0 Å². The molecule has 0 spiro atoms. The maximum Gasteiger partial charge on any atom is 0.292 e. The molecule has 1 aliphatic heterocycles. The zero-order valence-electron chi connectivity index (χ0n) is 11.7. The van der Waals surface area contributed by atoms with Crippen molar-refractivity contribution in [2.75, 3.05) is 5.73 Å². The maximum atomic E-state index is 12.2. The summed E-state index contributed by atoms with van der Waals surface area (Å²) in [7, 11) is 0. The molecule has 1 saturated heterocycles. The van der Waals surface area contributed by atoms with Gasteiger partial charge in [0.2, 0.25) is 11.8 Å². The molecule has 1 aliphatic carbocycles. The number of likely N-dealkylation sites (tertiary alicyclic amines) is 1. The molecule has 7 heteroatoms. The molecule has 7 nitrogen and oxygen atoms in total. The number of nitro groups is 1. The molecule has 21 heavy (non-hydrogen) atoms. The normalized spacial score (nSPS) is 25.9. The van der Waals surface area contributed by atoms with Crippen LogP contribution >= 0.6 is 0 Å². The van der Waals surface area contributed by atoms with Crippen LogP contribution < -0.4 is 5.73 Å². The average Bonchev–Trinajstić information content (AvgIpc) is 2.87. The molecular formula is C14H15N3O4. The number of amides is 2. The van der Waals surface area contributed by atoms with Gasteiger partial charge in [0.25, 0.3) is 5.69 Å². The minimum Gasteiger partial charge on any atom is -0.393 e. The molecule has 1 heterocycles. The van der Waals surface area contributed by atoms with Crippen LogP contribution in [0.15, 0.2) is 18.2 Å². The number of piperidine rings is 1. The number of carbonyl (C=O) groups is 2. The lowest BCUT2D eigenvalue weighted by Gasteiger charge is -2.20. The van der Waals surface area contributed by atoms with E-state index in [9.17, 15) is 19.7 Å². The molecule has 110 valence electrons. The van der Waals surface area contributed by atoms with Gasteiger partial charge >= 0.3 is 0 Å². The molecule has 2 N–H and O–H groups in total. The zero-order chi connectivity index (χ0) is 15.5. The van der Waals surface area contributed by atoms with Crippen molar-refractivity contribution in [1.82, 2.24) is 4.90 Å². The van der Waals surface area contributed by atoms with E-state index in [-0.39, 0.29) is 47.0 Å². The van der Waals surface area contributed by atoms with Crippen molar-refractivity contribution in [2.24, 2.45) is 17.3 Å². The molecule has 2 unspecified atom stereocenters. The summed E-state index contributed by atoms with van der Waals surface area (Å²) >= 11 is 0. The van der Waals surface area contributed by atoms with Crippen LogP contribution in [0, 0.1) is 27.4 Å². The molecule has 0 bridgehead atoms. The number of imide groups is 1. The first-order valence-corrected chi connectivity index (χ1v) is 6.63. The Morgan fingerprint density at radius 1 is 1.29 bits per heavy atom. The fraction of sp³-hybridized carbons (Fsp3) is 0.429. The second-order valence-corrected chi connectivity index (χ2v) is 6.19. The molecule has 2 atom stereocenters. The van der Waals surface area contributed by atoms with Crippen molar-refractivity contribution in [3.63, 3.8) is 0 Å². The summed E-state index contributed by atoms with van der Waals surface area (Å²) in [5.41, 5.74) is 5.65. The van der Waals surface area contributed by atoms with Crippen molar-refractivity contribution in [1.29, 1.82) is 0 Å². The van der Waals surface area contributed by atoms with Gasteiger partial charge in [-0.25, -0.2) is 0 Å². The van der Waals surface area contributed by atoms with Gasteiger partial charge in [-0.3, -0.25) is 24.6 Å². The molecule has 2 amide bonds. The van der Waals surface area contributed by atoms with Crippen molar-refractivity contribution in [2.45, 2.75) is 20.4 Å². The molecule has 2 aliphatic rings. The Morgan fingerprint density at radius 2 is 1.86 bits per heavy atom. The summed E-state index contributed by atoms with van der Waals surface area (Å²) < 4.78 is 0. The van der Waals surface area contributed by atoms with E-state index in [1.54, 1.807) is 6.07 Å².